The average Bonchev–Trinajstić information content (AvgIpc) is 3.07. The first-order valence-electron chi connectivity index (χ1n) is 7.80. The zero-order valence-electron chi connectivity index (χ0n) is 14.2. The molecule has 2 aromatic rings. The summed E-state index contributed by atoms with van der Waals surface area (Å²) in [5.74, 6) is 0.107. The van der Waals surface area contributed by atoms with E-state index in [1.54, 1.807) is 19.1 Å². The van der Waals surface area contributed by atoms with Gasteiger partial charge in [-0.1, -0.05) is 11.6 Å². The van der Waals surface area contributed by atoms with Gasteiger partial charge in [0.2, 0.25) is 11.8 Å². The summed E-state index contributed by atoms with van der Waals surface area (Å²) >= 11 is 6.07. The number of nitrogens with zero attached hydrogens (tertiary/aromatic N) is 1. The number of halogens is 1. The first kappa shape index (κ1) is 18.8. The molecule has 0 aromatic carbocycles. The first-order valence-corrected chi connectivity index (χ1v) is 8.17. The monoisotopic (exact) mass is 365 g/mol. The summed E-state index contributed by atoms with van der Waals surface area (Å²) < 4.78 is 10.5. The Morgan fingerprint density at radius 1 is 1.36 bits per heavy atom. The van der Waals surface area contributed by atoms with Gasteiger partial charge in [0.25, 0.3) is 5.91 Å². The first-order chi connectivity index (χ1) is 11.9. The smallest absolute Gasteiger partial charge is 0.253 e. The van der Waals surface area contributed by atoms with Crippen molar-refractivity contribution < 1.29 is 18.7 Å². The van der Waals surface area contributed by atoms with E-state index < -0.39 is 11.9 Å². The molecule has 0 aliphatic carbocycles. The molecule has 134 valence electrons. The molecule has 0 saturated heterocycles. The Kier molecular flexibility index (Phi) is 6.41. The molecule has 2 amide bonds. The minimum Gasteiger partial charge on any atom is -0.474 e. The van der Waals surface area contributed by atoms with Crippen molar-refractivity contribution in [2.24, 2.45) is 0 Å². The van der Waals surface area contributed by atoms with Crippen LogP contribution in [0.4, 0.5) is 0 Å². The highest BCUT2D eigenvalue weighted by molar-refractivity contribution is 6.32. The Bertz CT molecular complexity index is 731. The zero-order chi connectivity index (χ0) is 18.4. The Hall–Kier alpha value is -2.54. The molecule has 7 nitrogen and oxygen atoms in total. The molecule has 0 radical (unpaired) electrons. The molecule has 25 heavy (non-hydrogen) atoms. The second kappa shape index (κ2) is 8.53. The predicted octanol–water partition coefficient (Wildman–Crippen LogP) is 2.55. The summed E-state index contributed by atoms with van der Waals surface area (Å²) in [5, 5.41) is 5.50. The van der Waals surface area contributed by atoms with Crippen molar-refractivity contribution in [2.75, 3.05) is 0 Å². The molecule has 0 spiro atoms. The molecule has 8 heteroatoms. The number of hydrogen-bond donors (Lipinski definition) is 2. The normalized spacial score (nSPS) is 11.9. The van der Waals surface area contributed by atoms with Crippen LogP contribution in [0.25, 0.3) is 0 Å². The third-order valence-corrected chi connectivity index (χ3v) is 3.45. The van der Waals surface area contributed by atoms with Gasteiger partial charge in [-0.2, -0.15) is 0 Å². The largest absolute Gasteiger partial charge is 0.474 e. The minimum atomic E-state index is -0.729. The molecule has 0 bridgehead atoms. The molecule has 2 aromatic heterocycles. The van der Waals surface area contributed by atoms with E-state index in [1.165, 1.54) is 18.5 Å². The van der Waals surface area contributed by atoms with Crippen LogP contribution < -0.4 is 15.4 Å². The van der Waals surface area contributed by atoms with E-state index in [1.807, 2.05) is 13.8 Å². The van der Waals surface area contributed by atoms with Crippen LogP contribution in [0.15, 0.2) is 35.1 Å². The van der Waals surface area contributed by atoms with Crippen LogP contribution in [-0.4, -0.2) is 28.9 Å². The van der Waals surface area contributed by atoms with Crippen molar-refractivity contribution in [3.8, 4) is 5.88 Å². The zero-order valence-corrected chi connectivity index (χ0v) is 15.0. The van der Waals surface area contributed by atoms with E-state index >= 15 is 0 Å². The minimum absolute atomic E-state index is 0.0810. The Labute approximate surface area is 150 Å². The van der Waals surface area contributed by atoms with Crippen molar-refractivity contribution >= 4 is 23.4 Å². The second-order valence-corrected chi connectivity index (χ2v) is 6.08. The van der Waals surface area contributed by atoms with Gasteiger partial charge in [0.1, 0.15) is 16.8 Å². The van der Waals surface area contributed by atoms with Crippen molar-refractivity contribution in [1.82, 2.24) is 15.6 Å². The fourth-order valence-corrected chi connectivity index (χ4v) is 2.16. The van der Waals surface area contributed by atoms with Crippen molar-refractivity contribution in [1.29, 1.82) is 0 Å². The number of ether oxygens (including phenoxy) is 1. The molecule has 2 heterocycles. The highest BCUT2D eigenvalue weighted by Gasteiger charge is 2.18. The van der Waals surface area contributed by atoms with E-state index in [-0.39, 0.29) is 35.0 Å². The molecule has 0 fully saturated rings. The van der Waals surface area contributed by atoms with Gasteiger partial charge < -0.3 is 19.8 Å². The van der Waals surface area contributed by atoms with Crippen LogP contribution in [0.1, 0.15) is 36.9 Å². The fraction of sp³-hybridized carbons (Fsp3) is 0.353. The number of aromatic nitrogens is 1. The van der Waals surface area contributed by atoms with Crippen LogP contribution in [0.3, 0.4) is 0 Å². The molecule has 0 aliphatic heterocycles. The molecule has 0 saturated carbocycles. The lowest BCUT2D eigenvalue weighted by atomic mass is 10.2. The fourth-order valence-electron chi connectivity index (χ4n) is 1.95. The number of nitrogens with one attached hydrogen (secondary N) is 2. The topological polar surface area (TPSA) is 93.5 Å². The van der Waals surface area contributed by atoms with Gasteiger partial charge in [-0.15, -0.1) is 0 Å². The standard InChI is InChI=1S/C17H20ClN3O4/c1-10(2)25-17-14(18)7-12(8-20-17)16(23)21-11(3)15(22)19-9-13-5-4-6-24-13/h4-8,10-11H,9H2,1-3H3,(H,19,22)(H,21,23). The van der Waals surface area contributed by atoms with Gasteiger partial charge in [0.05, 0.1) is 24.5 Å². The SMILES string of the molecule is CC(C)Oc1ncc(C(=O)NC(C)C(=O)NCc2ccco2)cc1Cl. The Morgan fingerprint density at radius 3 is 2.72 bits per heavy atom. The lowest BCUT2D eigenvalue weighted by molar-refractivity contribution is -0.122. The number of amides is 2. The molecular formula is C17H20ClN3O4. The third-order valence-electron chi connectivity index (χ3n) is 3.17. The van der Waals surface area contributed by atoms with Crippen molar-refractivity contribution in [2.45, 2.75) is 39.5 Å². The van der Waals surface area contributed by atoms with Crippen molar-refractivity contribution in [3.63, 3.8) is 0 Å². The van der Waals surface area contributed by atoms with E-state index in [0.717, 1.165) is 0 Å². The van der Waals surface area contributed by atoms with Crippen LogP contribution in [0.2, 0.25) is 5.02 Å². The number of carbonyl (C=O) groups excluding carboxylic acids is 2. The number of carbonyl (C=O) groups is 2. The van der Waals surface area contributed by atoms with Crippen LogP contribution >= 0.6 is 11.6 Å². The second-order valence-electron chi connectivity index (χ2n) is 5.67. The maximum Gasteiger partial charge on any atom is 0.253 e. The number of furan rings is 1. The summed E-state index contributed by atoms with van der Waals surface area (Å²) in [4.78, 5) is 28.3. The molecule has 1 unspecified atom stereocenters. The Morgan fingerprint density at radius 2 is 2.12 bits per heavy atom. The molecule has 1 atom stereocenters. The van der Waals surface area contributed by atoms with E-state index in [0.29, 0.717) is 5.76 Å². The number of pyridine rings is 1. The van der Waals surface area contributed by atoms with Crippen LogP contribution in [0, 0.1) is 0 Å². The van der Waals surface area contributed by atoms with E-state index in [9.17, 15) is 9.59 Å². The highest BCUT2D eigenvalue weighted by Crippen LogP contribution is 2.23. The van der Waals surface area contributed by atoms with Gasteiger partial charge >= 0.3 is 0 Å². The summed E-state index contributed by atoms with van der Waals surface area (Å²) in [5.41, 5.74) is 0.242. The molecule has 2 N–H and O–H groups in total. The van der Waals surface area contributed by atoms with Gasteiger partial charge in [0.15, 0.2) is 0 Å². The van der Waals surface area contributed by atoms with E-state index in [2.05, 4.69) is 15.6 Å². The van der Waals surface area contributed by atoms with Gasteiger partial charge in [0, 0.05) is 6.20 Å². The number of rotatable bonds is 7. The van der Waals surface area contributed by atoms with Crippen molar-refractivity contribution in [3.05, 3.63) is 47.0 Å². The molecular weight excluding hydrogens is 346 g/mol. The highest BCUT2D eigenvalue weighted by atomic mass is 35.5. The van der Waals surface area contributed by atoms with Gasteiger partial charge in [-0.05, 0) is 39.0 Å². The third kappa shape index (κ3) is 5.49. The molecule has 2 rings (SSSR count). The predicted molar refractivity (Wildman–Crippen MR) is 92.5 cm³/mol. The number of hydrogen-bond acceptors (Lipinski definition) is 5. The summed E-state index contributed by atoms with van der Waals surface area (Å²) in [6, 6.07) is 4.20. The lowest BCUT2D eigenvalue weighted by Gasteiger charge is -2.14. The quantitative estimate of drug-likeness (QED) is 0.786. The maximum absolute atomic E-state index is 12.2. The summed E-state index contributed by atoms with van der Waals surface area (Å²) in [7, 11) is 0. The lowest BCUT2D eigenvalue weighted by Crippen LogP contribution is -2.44. The van der Waals surface area contributed by atoms with Crippen LogP contribution in [0.5, 0.6) is 5.88 Å². The van der Waals surface area contributed by atoms with Gasteiger partial charge in [-0.25, -0.2) is 4.98 Å². The molecule has 0 aliphatic rings. The Balaban J connectivity index is 1.91. The summed E-state index contributed by atoms with van der Waals surface area (Å²) in [6.45, 7) is 5.53. The van der Waals surface area contributed by atoms with E-state index in [4.69, 9.17) is 20.8 Å². The van der Waals surface area contributed by atoms with Gasteiger partial charge in [-0.3, -0.25) is 9.59 Å². The van der Waals surface area contributed by atoms with Crippen LogP contribution in [-0.2, 0) is 11.3 Å². The average molecular weight is 366 g/mol. The maximum atomic E-state index is 12.2. The summed E-state index contributed by atoms with van der Waals surface area (Å²) in [6.07, 6.45) is 2.80.